The maximum Gasteiger partial charge on any atom is 0.117 e. The summed E-state index contributed by atoms with van der Waals surface area (Å²) in [7, 11) is -2.89. The van der Waals surface area contributed by atoms with Crippen molar-refractivity contribution in [3.05, 3.63) is 70.9 Å². The molecule has 0 spiro atoms. The van der Waals surface area contributed by atoms with E-state index < -0.39 is 16.1 Å². The van der Waals surface area contributed by atoms with E-state index in [1.165, 1.54) is 24.9 Å². The lowest BCUT2D eigenvalue weighted by Gasteiger charge is -2.40. The molecule has 1 fully saturated rings. The summed E-state index contributed by atoms with van der Waals surface area (Å²) in [5.74, 6) is 0. The monoisotopic (exact) mass is 334 g/mol. The summed E-state index contributed by atoms with van der Waals surface area (Å²) in [4.78, 5) is 0. The van der Waals surface area contributed by atoms with E-state index in [4.69, 9.17) is 0 Å². The SMILES string of the molecule is C[Si](C)(C)C1=C2CCC[Si]2(c2ccccc2)Cc2ccccc21. The van der Waals surface area contributed by atoms with Crippen molar-refractivity contribution in [2.24, 2.45) is 0 Å². The van der Waals surface area contributed by atoms with Gasteiger partial charge in [-0.1, -0.05) is 96.2 Å². The van der Waals surface area contributed by atoms with Gasteiger partial charge in [0.25, 0.3) is 0 Å². The van der Waals surface area contributed by atoms with Gasteiger partial charge in [-0.25, -0.2) is 0 Å². The zero-order chi connectivity index (χ0) is 16.1. The highest BCUT2D eigenvalue weighted by molar-refractivity contribution is 7.04. The molecule has 0 bridgehead atoms. The normalized spacial score (nSPS) is 23.6. The topological polar surface area (TPSA) is 0 Å². The average molecular weight is 335 g/mol. The Kier molecular flexibility index (Phi) is 3.51. The van der Waals surface area contributed by atoms with Crippen molar-refractivity contribution in [3.63, 3.8) is 0 Å². The number of allylic oxidation sites excluding steroid dienone is 1. The number of hydrogen-bond donors (Lipinski definition) is 0. The molecule has 0 nitrogen and oxygen atoms in total. The fourth-order valence-corrected chi connectivity index (χ4v) is 14.3. The van der Waals surface area contributed by atoms with Crippen LogP contribution in [0.15, 0.2) is 59.8 Å². The molecule has 2 aliphatic rings. The second-order valence-corrected chi connectivity index (χ2v) is 17.4. The third-order valence-corrected chi connectivity index (χ3v) is 13.4. The third-order valence-electron chi connectivity index (χ3n) is 5.77. The van der Waals surface area contributed by atoms with E-state index in [2.05, 4.69) is 74.2 Å². The van der Waals surface area contributed by atoms with Crippen molar-refractivity contribution in [3.8, 4) is 0 Å². The van der Waals surface area contributed by atoms with Gasteiger partial charge in [0.05, 0.1) is 8.07 Å². The van der Waals surface area contributed by atoms with Gasteiger partial charge < -0.3 is 0 Å². The van der Waals surface area contributed by atoms with Crippen LogP contribution in [0, 0.1) is 0 Å². The lowest BCUT2D eigenvalue weighted by atomic mass is 10.1. The van der Waals surface area contributed by atoms with Gasteiger partial charge in [-0.05, 0) is 29.6 Å². The number of fused-ring (bicyclic) bond motifs is 2. The highest BCUT2D eigenvalue weighted by Crippen LogP contribution is 2.48. The van der Waals surface area contributed by atoms with Crippen LogP contribution in [-0.4, -0.2) is 16.1 Å². The summed E-state index contributed by atoms with van der Waals surface area (Å²) in [5, 5.41) is 5.41. The molecule has 0 aromatic heterocycles. The molecule has 0 N–H and O–H groups in total. The first kappa shape index (κ1) is 15.2. The standard InChI is InChI=1S/C21H26Si2/c1-22(2,3)21-19-13-8-7-10-17(19)16-23(15-9-14-20(21)23)18-11-5-4-6-12-18/h4-8,10-13H,9,14-16H2,1-3H3. The molecule has 1 saturated heterocycles. The average Bonchev–Trinajstić information content (AvgIpc) is 2.96. The van der Waals surface area contributed by atoms with Crippen molar-refractivity contribution < 1.29 is 0 Å². The van der Waals surface area contributed by atoms with E-state index in [0.717, 1.165) is 0 Å². The first-order valence-electron chi connectivity index (χ1n) is 8.90. The molecular formula is C21H26Si2. The molecule has 2 aromatic carbocycles. The smallest absolute Gasteiger partial charge is 0.0753 e. The zero-order valence-corrected chi connectivity index (χ0v) is 16.5. The lowest BCUT2D eigenvalue weighted by Crippen LogP contribution is -2.53. The van der Waals surface area contributed by atoms with Crippen molar-refractivity contribution in [2.75, 3.05) is 0 Å². The molecule has 0 amide bonds. The Morgan fingerprint density at radius 1 is 0.870 bits per heavy atom. The maximum atomic E-state index is 2.54. The van der Waals surface area contributed by atoms with Crippen LogP contribution >= 0.6 is 0 Å². The molecule has 1 atom stereocenters. The summed E-state index contributed by atoms with van der Waals surface area (Å²) in [5.41, 5.74) is 3.23. The number of rotatable bonds is 2. The fourth-order valence-electron chi connectivity index (χ4n) is 4.96. The maximum absolute atomic E-state index is 2.54. The third kappa shape index (κ3) is 2.31. The molecule has 2 aromatic rings. The van der Waals surface area contributed by atoms with Crippen LogP contribution in [0.1, 0.15) is 24.0 Å². The van der Waals surface area contributed by atoms with Crippen LogP contribution < -0.4 is 5.19 Å². The van der Waals surface area contributed by atoms with Gasteiger partial charge in [-0.15, -0.1) is 0 Å². The Hall–Kier alpha value is -1.39. The Morgan fingerprint density at radius 3 is 2.30 bits per heavy atom. The molecule has 23 heavy (non-hydrogen) atoms. The highest BCUT2D eigenvalue weighted by atomic mass is 28.3. The summed E-state index contributed by atoms with van der Waals surface area (Å²) < 4.78 is 0. The van der Waals surface area contributed by atoms with Gasteiger partial charge in [0.2, 0.25) is 0 Å². The summed E-state index contributed by atoms with van der Waals surface area (Å²) >= 11 is 0. The van der Waals surface area contributed by atoms with E-state index in [0.29, 0.717) is 0 Å². The van der Waals surface area contributed by atoms with E-state index in [-0.39, 0.29) is 0 Å². The molecule has 0 aliphatic carbocycles. The van der Waals surface area contributed by atoms with Crippen molar-refractivity contribution in [1.82, 2.24) is 0 Å². The largest absolute Gasteiger partial charge is 0.117 e. The predicted molar refractivity (Wildman–Crippen MR) is 106 cm³/mol. The van der Waals surface area contributed by atoms with Crippen LogP contribution in [-0.2, 0) is 6.04 Å². The van der Waals surface area contributed by atoms with Gasteiger partial charge >= 0.3 is 0 Å². The predicted octanol–water partition coefficient (Wildman–Crippen LogP) is 5.10. The van der Waals surface area contributed by atoms with E-state index in [9.17, 15) is 0 Å². The Labute approximate surface area is 142 Å². The molecular weight excluding hydrogens is 308 g/mol. The second kappa shape index (κ2) is 5.32. The van der Waals surface area contributed by atoms with Crippen LogP contribution in [0.2, 0.25) is 25.7 Å². The Bertz CT molecular complexity index is 768. The molecule has 2 heterocycles. The molecule has 2 heteroatoms. The van der Waals surface area contributed by atoms with Gasteiger partial charge in [-0.3, -0.25) is 0 Å². The number of hydrogen-bond acceptors (Lipinski definition) is 0. The van der Waals surface area contributed by atoms with Crippen LogP contribution in [0.3, 0.4) is 0 Å². The number of benzene rings is 2. The summed E-state index contributed by atoms with van der Waals surface area (Å²) in [6.07, 6.45) is 2.76. The Balaban J connectivity index is 2.03. The molecule has 2 aliphatic heterocycles. The molecule has 118 valence electrons. The zero-order valence-electron chi connectivity index (χ0n) is 14.5. The van der Waals surface area contributed by atoms with E-state index >= 15 is 0 Å². The highest BCUT2D eigenvalue weighted by Gasteiger charge is 2.48. The van der Waals surface area contributed by atoms with Crippen LogP contribution in [0.4, 0.5) is 0 Å². The van der Waals surface area contributed by atoms with Crippen molar-refractivity contribution >= 4 is 26.5 Å². The van der Waals surface area contributed by atoms with Crippen molar-refractivity contribution in [2.45, 2.75) is 44.6 Å². The minimum atomic E-state index is -1.53. The lowest BCUT2D eigenvalue weighted by molar-refractivity contribution is 0.985. The first-order valence-corrected chi connectivity index (χ1v) is 14.8. The minimum absolute atomic E-state index is 1.33. The van der Waals surface area contributed by atoms with Crippen LogP contribution in [0.5, 0.6) is 0 Å². The van der Waals surface area contributed by atoms with Gasteiger partial charge in [0.1, 0.15) is 8.07 Å². The van der Waals surface area contributed by atoms with E-state index in [1.807, 2.05) is 10.4 Å². The molecule has 4 rings (SSSR count). The quantitative estimate of drug-likeness (QED) is 0.670. The van der Waals surface area contributed by atoms with Crippen LogP contribution in [0.25, 0.3) is 5.20 Å². The Morgan fingerprint density at radius 2 is 1.57 bits per heavy atom. The molecule has 0 radical (unpaired) electrons. The van der Waals surface area contributed by atoms with Crippen molar-refractivity contribution in [1.29, 1.82) is 0 Å². The van der Waals surface area contributed by atoms with Gasteiger partial charge in [-0.2, -0.15) is 0 Å². The fraction of sp³-hybridized carbons (Fsp3) is 0.333. The second-order valence-electron chi connectivity index (χ2n) is 8.24. The van der Waals surface area contributed by atoms with Gasteiger partial charge in [0.15, 0.2) is 0 Å². The summed E-state index contributed by atoms with van der Waals surface area (Å²) in [6.45, 7) is 7.62. The molecule has 0 saturated carbocycles. The summed E-state index contributed by atoms with van der Waals surface area (Å²) in [6, 6.07) is 23.6. The minimum Gasteiger partial charge on any atom is -0.0753 e. The van der Waals surface area contributed by atoms with Gasteiger partial charge in [0, 0.05) is 0 Å². The molecule has 1 unspecified atom stereocenters. The first-order chi connectivity index (χ1) is 11.0. The van der Waals surface area contributed by atoms with E-state index in [1.54, 1.807) is 16.3 Å².